The summed E-state index contributed by atoms with van der Waals surface area (Å²) in [4.78, 5) is 3.70. The van der Waals surface area contributed by atoms with E-state index in [1.165, 1.54) is 19.3 Å². The van der Waals surface area contributed by atoms with Crippen molar-refractivity contribution in [3.63, 3.8) is 0 Å². The molecular formula is C14H14F3NO3. The molecule has 0 amide bonds. The van der Waals surface area contributed by atoms with Crippen LogP contribution in [0, 0.1) is 0 Å². The average molecular weight is 301 g/mol. The minimum Gasteiger partial charge on any atom is -0.493 e. The van der Waals surface area contributed by atoms with Crippen LogP contribution in [-0.2, 0) is 0 Å². The average Bonchev–Trinajstić information content (AvgIpc) is 2.43. The summed E-state index contributed by atoms with van der Waals surface area (Å²) in [5, 5.41) is 0. The smallest absolute Gasteiger partial charge is 0.493 e. The van der Waals surface area contributed by atoms with Gasteiger partial charge in [-0.25, -0.2) is 0 Å². The van der Waals surface area contributed by atoms with Crippen LogP contribution < -0.4 is 14.2 Å². The third kappa shape index (κ3) is 4.87. The molecule has 0 spiro atoms. The lowest BCUT2D eigenvalue weighted by Gasteiger charge is -2.14. The lowest BCUT2D eigenvalue weighted by Crippen LogP contribution is -2.17. The molecule has 0 saturated carbocycles. The van der Waals surface area contributed by atoms with Gasteiger partial charge in [0.25, 0.3) is 0 Å². The lowest BCUT2D eigenvalue weighted by atomic mass is 10.3. The number of hydrogen-bond donors (Lipinski definition) is 0. The predicted molar refractivity (Wildman–Crippen MR) is 72.8 cm³/mol. The topological polar surface area (TPSA) is 40.0 Å². The van der Waals surface area contributed by atoms with Gasteiger partial charge in [0.1, 0.15) is 11.5 Å². The van der Waals surface area contributed by atoms with E-state index < -0.39 is 12.1 Å². The largest absolute Gasteiger partial charge is 0.573 e. The first-order chi connectivity index (χ1) is 9.80. The first-order valence-corrected chi connectivity index (χ1v) is 5.72. The summed E-state index contributed by atoms with van der Waals surface area (Å²) in [6.07, 6.45) is -3.37. The van der Waals surface area contributed by atoms with Crippen molar-refractivity contribution in [2.45, 2.75) is 13.3 Å². The number of aliphatic imine (C=N–C) groups is 1. The van der Waals surface area contributed by atoms with Gasteiger partial charge in [0, 0.05) is 6.07 Å². The Morgan fingerprint density at radius 1 is 1.29 bits per heavy atom. The van der Waals surface area contributed by atoms with Crippen LogP contribution in [0.15, 0.2) is 47.3 Å². The number of alkyl halides is 3. The van der Waals surface area contributed by atoms with E-state index in [4.69, 9.17) is 9.47 Å². The molecule has 21 heavy (non-hydrogen) atoms. The Kier molecular flexibility index (Phi) is 5.40. The highest BCUT2D eigenvalue weighted by Crippen LogP contribution is 2.35. The van der Waals surface area contributed by atoms with Crippen LogP contribution in [0.1, 0.15) is 6.92 Å². The number of methoxy groups -OCH3 is 1. The summed E-state index contributed by atoms with van der Waals surface area (Å²) in [6, 6.07) is 3.47. The zero-order chi connectivity index (χ0) is 16.0. The molecular weight excluding hydrogens is 287 g/mol. The molecule has 0 aromatic heterocycles. The minimum atomic E-state index is -4.77. The highest BCUT2D eigenvalue weighted by Gasteiger charge is 2.31. The first kappa shape index (κ1) is 16.6. The molecule has 0 atom stereocenters. The third-order valence-electron chi connectivity index (χ3n) is 2.37. The maximum atomic E-state index is 12.2. The van der Waals surface area contributed by atoms with Crippen molar-refractivity contribution in [1.29, 1.82) is 0 Å². The molecule has 4 nitrogen and oxygen atoms in total. The Hall–Kier alpha value is -2.44. The normalized spacial score (nSPS) is 12.2. The maximum Gasteiger partial charge on any atom is 0.573 e. The number of allylic oxidation sites excluding steroid dienone is 2. The van der Waals surface area contributed by atoms with Crippen LogP contribution in [-0.4, -0.2) is 20.2 Å². The second-order valence-electron chi connectivity index (χ2n) is 3.77. The second-order valence-corrected chi connectivity index (χ2v) is 3.77. The predicted octanol–water partition coefficient (Wildman–Crippen LogP) is 4.09. The maximum absolute atomic E-state index is 12.2. The molecule has 114 valence electrons. The van der Waals surface area contributed by atoms with Crippen molar-refractivity contribution >= 4 is 6.72 Å². The second kappa shape index (κ2) is 6.83. The molecule has 1 aromatic rings. The highest BCUT2D eigenvalue weighted by atomic mass is 19.4. The van der Waals surface area contributed by atoms with Gasteiger partial charge < -0.3 is 14.2 Å². The van der Waals surface area contributed by atoms with Crippen molar-refractivity contribution in [2.24, 2.45) is 4.99 Å². The van der Waals surface area contributed by atoms with Gasteiger partial charge in [-0.05, 0) is 31.9 Å². The Labute approximate surface area is 120 Å². The molecule has 0 heterocycles. The molecule has 0 radical (unpaired) electrons. The lowest BCUT2D eigenvalue weighted by molar-refractivity contribution is -0.274. The van der Waals surface area contributed by atoms with Crippen LogP contribution in [0.4, 0.5) is 13.2 Å². The number of rotatable bonds is 6. The zero-order valence-corrected chi connectivity index (χ0v) is 11.5. The van der Waals surface area contributed by atoms with Gasteiger partial charge in [-0.1, -0.05) is 6.58 Å². The monoisotopic (exact) mass is 301 g/mol. The zero-order valence-electron chi connectivity index (χ0n) is 11.5. The molecule has 1 aromatic carbocycles. The van der Waals surface area contributed by atoms with Crippen LogP contribution in [0.3, 0.4) is 0 Å². The van der Waals surface area contributed by atoms with Gasteiger partial charge in [0.05, 0.1) is 12.8 Å². The van der Waals surface area contributed by atoms with Crippen molar-refractivity contribution in [2.75, 3.05) is 7.11 Å². The van der Waals surface area contributed by atoms with Crippen LogP contribution >= 0.6 is 0 Å². The van der Waals surface area contributed by atoms with Gasteiger partial charge in [-0.2, -0.15) is 0 Å². The Morgan fingerprint density at radius 2 is 1.95 bits per heavy atom. The van der Waals surface area contributed by atoms with Crippen molar-refractivity contribution in [3.05, 3.63) is 42.3 Å². The number of hydrogen-bond acceptors (Lipinski definition) is 4. The fourth-order valence-electron chi connectivity index (χ4n) is 1.39. The summed E-state index contributed by atoms with van der Waals surface area (Å²) >= 11 is 0. The summed E-state index contributed by atoms with van der Waals surface area (Å²) < 4.78 is 50.8. The molecule has 0 aliphatic rings. The van der Waals surface area contributed by atoms with E-state index >= 15 is 0 Å². The van der Waals surface area contributed by atoms with Gasteiger partial charge in [-0.3, -0.25) is 4.99 Å². The van der Waals surface area contributed by atoms with Crippen LogP contribution in [0.2, 0.25) is 0 Å². The van der Waals surface area contributed by atoms with E-state index in [-0.39, 0.29) is 11.5 Å². The third-order valence-corrected chi connectivity index (χ3v) is 2.37. The van der Waals surface area contributed by atoms with Crippen LogP contribution in [0.25, 0.3) is 0 Å². The molecule has 0 saturated heterocycles. The van der Waals surface area contributed by atoms with E-state index in [1.807, 2.05) is 0 Å². The number of benzene rings is 1. The van der Waals surface area contributed by atoms with Gasteiger partial charge in [-0.15, -0.1) is 13.2 Å². The van der Waals surface area contributed by atoms with Crippen molar-refractivity contribution < 1.29 is 27.4 Å². The summed E-state index contributed by atoms with van der Waals surface area (Å²) in [5.41, 5.74) is 0.475. The van der Waals surface area contributed by atoms with E-state index in [2.05, 4.69) is 23.0 Å². The van der Waals surface area contributed by atoms with Gasteiger partial charge >= 0.3 is 6.36 Å². The molecule has 0 fully saturated rings. The standard InChI is InChI=1S/C14H14F3NO3/c1-5-11(9(2)18-3)20-12-7-6-10(8-13(12)19-4)21-14(15,16)17/h5-8H,1,3H2,2,4H3/b11-9+. The number of halogens is 3. The van der Waals surface area contributed by atoms with E-state index in [9.17, 15) is 13.2 Å². The van der Waals surface area contributed by atoms with Gasteiger partial charge in [0.15, 0.2) is 11.5 Å². The molecule has 0 bridgehead atoms. The minimum absolute atomic E-state index is 0.0768. The van der Waals surface area contributed by atoms with E-state index in [1.54, 1.807) is 6.92 Å². The van der Waals surface area contributed by atoms with Crippen molar-refractivity contribution in [3.8, 4) is 17.2 Å². The van der Waals surface area contributed by atoms with Gasteiger partial charge in [0.2, 0.25) is 0 Å². The molecule has 0 aliphatic carbocycles. The fraction of sp³-hybridized carbons (Fsp3) is 0.214. The summed E-state index contributed by atoms with van der Waals surface area (Å²) in [7, 11) is 1.30. The summed E-state index contributed by atoms with van der Waals surface area (Å²) in [6.45, 7) is 8.57. The summed E-state index contributed by atoms with van der Waals surface area (Å²) in [5.74, 6) is 0.181. The Balaban J connectivity index is 3.10. The SMILES string of the molecule is C=C/C(Oc1ccc(OC(F)(F)F)cc1OC)=C(/C)N=C. The number of ether oxygens (including phenoxy) is 3. The molecule has 0 aliphatic heterocycles. The van der Waals surface area contributed by atoms with Crippen LogP contribution in [0.5, 0.6) is 17.2 Å². The fourth-order valence-corrected chi connectivity index (χ4v) is 1.39. The molecule has 0 unspecified atom stereocenters. The molecule has 7 heteroatoms. The first-order valence-electron chi connectivity index (χ1n) is 5.72. The van der Waals surface area contributed by atoms with E-state index in [0.29, 0.717) is 11.5 Å². The van der Waals surface area contributed by atoms with Crippen molar-refractivity contribution in [1.82, 2.24) is 0 Å². The highest BCUT2D eigenvalue weighted by molar-refractivity contribution is 5.47. The Bertz CT molecular complexity index is 565. The quantitative estimate of drug-likeness (QED) is 0.451. The van der Waals surface area contributed by atoms with E-state index in [0.717, 1.165) is 12.1 Å². The Morgan fingerprint density at radius 3 is 2.43 bits per heavy atom. The molecule has 1 rings (SSSR count). The molecule has 0 N–H and O–H groups in total. The number of nitrogens with zero attached hydrogens (tertiary/aromatic N) is 1.